The van der Waals surface area contributed by atoms with Crippen LogP contribution in [0.1, 0.15) is 10.6 Å². The number of alkyl halides is 3. The number of rotatable bonds is 2. The van der Waals surface area contributed by atoms with Crippen molar-refractivity contribution in [2.24, 2.45) is 0 Å². The van der Waals surface area contributed by atoms with Gasteiger partial charge in [-0.3, -0.25) is 4.98 Å². The molecule has 0 radical (unpaired) electrons. The third-order valence-corrected chi connectivity index (χ3v) is 2.62. The normalized spacial score (nSPS) is 11.8. The minimum Gasteiger partial charge on any atom is -0.389 e. The Kier molecular flexibility index (Phi) is 3.07. The molecule has 0 unspecified atom stereocenters. The van der Waals surface area contributed by atoms with Crippen molar-refractivity contribution in [2.75, 3.05) is 0 Å². The molecule has 90 valence electrons. The number of aliphatic hydroxyl groups is 1. The lowest BCUT2D eigenvalue weighted by Crippen LogP contribution is -2.05. The highest BCUT2D eigenvalue weighted by atomic mass is 32.1. The van der Waals surface area contributed by atoms with Crippen LogP contribution in [-0.4, -0.2) is 19.4 Å². The summed E-state index contributed by atoms with van der Waals surface area (Å²) in [5, 5.41) is 9.18. The van der Waals surface area contributed by atoms with Gasteiger partial charge in [0.15, 0.2) is 5.82 Å². The van der Waals surface area contributed by atoms with Crippen molar-refractivity contribution in [1.29, 1.82) is 0 Å². The van der Waals surface area contributed by atoms with Crippen LogP contribution in [0.4, 0.5) is 13.2 Å². The quantitative estimate of drug-likeness (QED) is 0.899. The van der Waals surface area contributed by atoms with Crippen LogP contribution in [0.25, 0.3) is 11.5 Å². The molecule has 2 heterocycles. The average Bonchev–Trinajstić information content (AvgIpc) is 2.76. The maximum Gasteiger partial charge on any atom is 0.417 e. The topological polar surface area (TPSA) is 58.9 Å². The molecule has 0 fully saturated rings. The van der Waals surface area contributed by atoms with Crippen LogP contribution < -0.4 is 0 Å². The van der Waals surface area contributed by atoms with E-state index in [0.717, 1.165) is 23.8 Å². The second-order valence-corrected chi connectivity index (χ2v) is 3.94. The average molecular weight is 261 g/mol. The fourth-order valence-electron chi connectivity index (χ4n) is 1.12. The number of aliphatic hydroxyl groups excluding tert-OH is 1. The standard InChI is InChI=1S/C9H6F3N3OS/c10-9(11,12)5-1-2-6(13-3-5)8-14-7(4-16)17-15-8/h1-3,16H,4H2. The van der Waals surface area contributed by atoms with Crippen LogP contribution in [0, 0.1) is 0 Å². The third kappa shape index (κ3) is 2.59. The molecule has 2 aromatic rings. The molecule has 17 heavy (non-hydrogen) atoms. The molecule has 0 bridgehead atoms. The molecular weight excluding hydrogens is 255 g/mol. The Hall–Kier alpha value is -1.54. The summed E-state index contributed by atoms with van der Waals surface area (Å²) in [6.07, 6.45) is -3.67. The zero-order valence-electron chi connectivity index (χ0n) is 8.27. The Morgan fingerprint density at radius 3 is 2.53 bits per heavy atom. The molecule has 0 aliphatic carbocycles. The van der Waals surface area contributed by atoms with Gasteiger partial charge in [0.05, 0.1) is 12.2 Å². The van der Waals surface area contributed by atoms with Gasteiger partial charge >= 0.3 is 6.18 Å². The van der Waals surface area contributed by atoms with Crippen molar-refractivity contribution >= 4 is 11.5 Å². The van der Waals surface area contributed by atoms with Gasteiger partial charge < -0.3 is 5.11 Å². The number of halogens is 3. The summed E-state index contributed by atoms with van der Waals surface area (Å²) in [7, 11) is 0. The Bertz CT molecular complexity index is 509. The van der Waals surface area contributed by atoms with Crippen molar-refractivity contribution in [3.05, 3.63) is 28.9 Å². The summed E-state index contributed by atoms with van der Waals surface area (Å²) in [5.74, 6) is 0.216. The lowest BCUT2D eigenvalue weighted by Gasteiger charge is -2.05. The highest BCUT2D eigenvalue weighted by Gasteiger charge is 2.30. The molecule has 2 rings (SSSR count). The van der Waals surface area contributed by atoms with Crippen molar-refractivity contribution < 1.29 is 18.3 Å². The monoisotopic (exact) mass is 261 g/mol. The molecule has 4 nitrogen and oxygen atoms in total. The molecule has 2 aromatic heterocycles. The molecule has 0 spiro atoms. The largest absolute Gasteiger partial charge is 0.417 e. The first-order valence-corrected chi connectivity index (χ1v) is 5.25. The second-order valence-electron chi connectivity index (χ2n) is 3.10. The van der Waals surface area contributed by atoms with E-state index >= 15 is 0 Å². The van der Waals surface area contributed by atoms with Crippen molar-refractivity contribution in [3.8, 4) is 11.5 Å². The Labute approximate surface area is 97.9 Å². The van der Waals surface area contributed by atoms with E-state index in [1.54, 1.807) is 0 Å². The van der Waals surface area contributed by atoms with Gasteiger partial charge in [0.25, 0.3) is 0 Å². The lowest BCUT2D eigenvalue weighted by molar-refractivity contribution is -0.137. The van der Waals surface area contributed by atoms with Crippen molar-refractivity contribution in [3.63, 3.8) is 0 Å². The van der Waals surface area contributed by atoms with E-state index in [1.807, 2.05) is 0 Å². The summed E-state index contributed by atoms with van der Waals surface area (Å²) in [6, 6.07) is 2.12. The number of hydrogen-bond donors (Lipinski definition) is 1. The first kappa shape index (κ1) is 11.9. The summed E-state index contributed by atoms with van der Waals surface area (Å²) in [6.45, 7) is -0.252. The molecule has 0 aliphatic rings. The molecule has 0 saturated carbocycles. The molecule has 0 amide bonds. The maximum atomic E-state index is 12.3. The van der Waals surface area contributed by atoms with Crippen LogP contribution in [0.2, 0.25) is 0 Å². The maximum absolute atomic E-state index is 12.3. The van der Waals surface area contributed by atoms with E-state index in [1.165, 1.54) is 6.07 Å². The van der Waals surface area contributed by atoms with Gasteiger partial charge in [0.2, 0.25) is 0 Å². The van der Waals surface area contributed by atoms with Crippen LogP contribution in [0.15, 0.2) is 18.3 Å². The Balaban J connectivity index is 2.29. The zero-order valence-corrected chi connectivity index (χ0v) is 9.09. The van der Waals surface area contributed by atoms with Gasteiger partial charge in [-0.25, -0.2) is 4.98 Å². The van der Waals surface area contributed by atoms with Crippen molar-refractivity contribution in [1.82, 2.24) is 14.3 Å². The van der Waals surface area contributed by atoms with E-state index in [4.69, 9.17) is 5.11 Å². The zero-order chi connectivity index (χ0) is 12.5. The highest BCUT2D eigenvalue weighted by Crippen LogP contribution is 2.29. The number of pyridine rings is 1. The summed E-state index contributed by atoms with van der Waals surface area (Å²) < 4.78 is 40.7. The second kappa shape index (κ2) is 4.38. The molecular formula is C9H6F3N3OS. The molecule has 0 aromatic carbocycles. The van der Waals surface area contributed by atoms with E-state index in [9.17, 15) is 13.2 Å². The number of hydrogen-bond acceptors (Lipinski definition) is 5. The molecule has 0 atom stereocenters. The summed E-state index contributed by atoms with van der Waals surface area (Å²) >= 11 is 0.981. The minimum absolute atomic E-state index is 0.216. The van der Waals surface area contributed by atoms with E-state index in [-0.39, 0.29) is 18.1 Å². The summed E-state index contributed by atoms with van der Waals surface area (Å²) in [4.78, 5) is 7.55. The van der Waals surface area contributed by atoms with E-state index < -0.39 is 11.7 Å². The fraction of sp³-hybridized carbons (Fsp3) is 0.222. The predicted octanol–water partition coefficient (Wildman–Crippen LogP) is 2.11. The van der Waals surface area contributed by atoms with Gasteiger partial charge in [-0.05, 0) is 23.7 Å². The smallest absolute Gasteiger partial charge is 0.389 e. The lowest BCUT2D eigenvalue weighted by atomic mass is 10.2. The molecule has 0 aliphatic heterocycles. The van der Waals surface area contributed by atoms with Gasteiger partial charge in [0.1, 0.15) is 10.7 Å². The number of aromatic nitrogens is 3. The third-order valence-electron chi connectivity index (χ3n) is 1.92. The van der Waals surface area contributed by atoms with Crippen molar-refractivity contribution in [2.45, 2.75) is 12.8 Å². The SMILES string of the molecule is OCc1nc(-c2ccc(C(F)(F)F)cn2)ns1. The van der Waals surface area contributed by atoms with Crippen LogP contribution in [-0.2, 0) is 12.8 Å². The molecule has 0 saturated heterocycles. The van der Waals surface area contributed by atoms with Crippen LogP contribution in [0.3, 0.4) is 0 Å². The molecule has 1 N–H and O–H groups in total. The van der Waals surface area contributed by atoms with Crippen LogP contribution in [0.5, 0.6) is 0 Å². The first-order valence-electron chi connectivity index (χ1n) is 4.48. The minimum atomic E-state index is -4.41. The van der Waals surface area contributed by atoms with Crippen LogP contribution >= 0.6 is 11.5 Å². The predicted molar refractivity (Wildman–Crippen MR) is 54.1 cm³/mol. The summed E-state index contributed by atoms with van der Waals surface area (Å²) in [5.41, 5.74) is -0.576. The Morgan fingerprint density at radius 2 is 2.06 bits per heavy atom. The van der Waals surface area contributed by atoms with E-state index in [2.05, 4.69) is 14.3 Å². The highest BCUT2D eigenvalue weighted by molar-refractivity contribution is 7.05. The van der Waals surface area contributed by atoms with E-state index in [0.29, 0.717) is 5.01 Å². The van der Waals surface area contributed by atoms with Gasteiger partial charge in [0, 0.05) is 6.20 Å². The first-order chi connectivity index (χ1) is 8.00. The number of nitrogens with zero attached hydrogens (tertiary/aromatic N) is 3. The van der Waals surface area contributed by atoms with Gasteiger partial charge in [-0.15, -0.1) is 0 Å². The fourth-order valence-corrected chi connectivity index (χ4v) is 1.63. The van der Waals surface area contributed by atoms with Gasteiger partial charge in [-0.1, -0.05) is 0 Å². The Morgan fingerprint density at radius 1 is 1.29 bits per heavy atom. The molecule has 8 heteroatoms. The van der Waals surface area contributed by atoms with Gasteiger partial charge in [-0.2, -0.15) is 17.5 Å².